The molecule has 90 valence electrons. The van der Waals surface area contributed by atoms with E-state index in [1.807, 2.05) is 0 Å². The van der Waals surface area contributed by atoms with Crippen molar-refractivity contribution in [1.82, 2.24) is 9.55 Å². The molecule has 0 saturated heterocycles. The zero-order valence-corrected chi connectivity index (χ0v) is 10.7. The lowest BCUT2D eigenvalue weighted by Gasteiger charge is -2.09. The third-order valence-electron chi connectivity index (χ3n) is 2.04. The molecule has 0 saturated carbocycles. The van der Waals surface area contributed by atoms with Gasteiger partial charge in [0.05, 0.1) is 15.7 Å². The van der Waals surface area contributed by atoms with Gasteiger partial charge in [0.1, 0.15) is 0 Å². The van der Waals surface area contributed by atoms with Crippen LogP contribution in [0, 0.1) is 0 Å². The summed E-state index contributed by atoms with van der Waals surface area (Å²) in [5, 5.41) is 5.34. The lowest BCUT2D eigenvalue weighted by molar-refractivity contribution is 0.586. The van der Waals surface area contributed by atoms with E-state index in [-0.39, 0.29) is 5.16 Å². The Hall–Kier alpha value is -1.08. The SMILES string of the molecule is NS(=O)(=O)c1nccn1-c1c(Cl)cccc1Cl. The van der Waals surface area contributed by atoms with Gasteiger partial charge in [0.25, 0.3) is 10.0 Å². The number of halogens is 2. The van der Waals surface area contributed by atoms with E-state index in [0.717, 1.165) is 0 Å². The minimum atomic E-state index is -3.94. The van der Waals surface area contributed by atoms with E-state index < -0.39 is 10.0 Å². The minimum Gasteiger partial charge on any atom is -0.287 e. The largest absolute Gasteiger partial charge is 0.287 e. The Morgan fingerprint density at radius 3 is 2.35 bits per heavy atom. The van der Waals surface area contributed by atoms with Gasteiger partial charge in [-0.3, -0.25) is 4.57 Å². The van der Waals surface area contributed by atoms with E-state index in [0.29, 0.717) is 15.7 Å². The second-order valence-corrected chi connectivity index (χ2v) is 5.46. The molecule has 0 atom stereocenters. The average Bonchev–Trinajstić information content (AvgIpc) is 2.65. The van der Waals surface area contributed by atoms with Crippen LogP contribution in [0.4, 0.5) is 0 Å². The van der Waals surface area contributed by atoms with Gasteiger partial charge in [-0.15, -0.1) is 0 Å². The van der Waals surface area contributed by atoms with Gasteiger partial charge in [-0.1, -0.05) is 29.3 Å². The van der Waals surface area contributed by atoms with E-state index in [4.69, 9.17) is 28.3 Å². The van der Waals surface area contributed by atoms with Gasteiger partial charge in [0.15, 0.2) is 0 Å². The van der Waals surface area contributed by atoms with Crippen LogP contribution in [0.25, 0.3) is 5.69 Å². The zero-order chi connectivity index (χ0) is 12.6. The number of nitrogens with two attached hydrogens (primary N) is 1. The summed E-state index contributed by atoms with van der Waals surface area (Å²) >= 11 is 11.9. The summed E-state index contributed by atoms with van der Waals surface area (Å²) in [5.74, 6) is 0. The number of para-hydroxylation sites is 1. The molecule has 0 aliphatic rings. The second kappa shape index (κ2) is 4.30. The Kier molecular flexibility index (Phi) is 3.13. The first-order valence-corrected chi connectivity index (χ1v) is 6.72. The van der Waals surface area contributed by atoms with Gasteiger partial charge in [0.2, 0.25) is 5.16 Å². The minimum absolute atomic E-state index is 0.306. The summed E-state index contributed by atoms with van der Waals surface area (Å²) in [6.07, 6.45) is 2.73. The number of nitrogens with zero attached hydrogens (tertiary/aromatic N) is 2. The van der Waals surface area contributed by atoms with Crippen molar-refractivity contribution >= 4 is 33.2 Å². The maximum atomic E-state index is 11.3. The van der Waals surface area contributed by atoms with Crippen molar-refractivity contribution in [3.63, 3.8) is 0 Å². The van der Waals surface area contributed by atoms with Gasteiger partial charge in [-0.25, -0.2) is 18.5 Å². The fourth-order valence-corrected chi connectivity index (χ4v) is 2.60. The first kappa shape index (κ1) is 12.4. The van der Waals surface area contributed by atoms with E-state index in [2.05, 4.69) is 4.98 Å². The molecule has 2 rings (SSSR count). The smallest absolute Gasteiger partial charge is 0.272 e. The number of benzene rings is 1. The van der Waals surface area contributed by atoms with Crippen LogP contribution in [-0.4, -0.2) is 18.0 Å². The number of hydrogen-bond acceptors (Lipinski definition) is 3. The number of rotatable bonds is 2. The fourth-order valence-electron chi connectivity index (χ4n) is 1.39. The molecule has 0 radical (unpaired) electrons. The Labute approximate surface area is 108 Å². The van der Waals surface area contributed by atoms with Gasteiger partial charge in [0, 0.05) is 12.4 Å². The Balaban J connectivity index is 2.75. The van der Waals surface area contributed by atoms with Crippen molar-refractivity contribution in [1.29, 1.82) is 0 Å². The Morgan fingerprint density at radius 2 is 1.82 bits per heavy atom. The molecule has 0 spiro atoms. The first-order valence-electron chi connectivity index (χ1n) is 4.42. The highest BCUT2D eigenvalue weighted by molar-refractivity contribution is 7.89. The maximum absolute atomic E-state index is 11.3. The standard InChI is InChI=1S/C9H7Cl2N3O2S/c10-6-2-1-3-7(11)8(6)14-5-4-13-9(14)17(12,15)16/h1-5H,(H2,12,15,16). The predicted octanol–water partition coefficient (Wildman–Crippen LogP) is 1.83. The summed E-state index contributed by atoms with van der Waals surface area (Å²) in [5.41, 5.74) is 0.331. The van der Waals surface area contributed by atoms with E-state index in [1.165, 1.54) is 17.0 Å². The number of primary sulfonamides is 1. The molecule has 17 heavy (non-hydrogen) atoms. The number of aromatic nitrogens is 2. The Morgan fingerprint density at radius 1 is 1.24 bits per heavy atom. The average molecular weight is 292 g/mol. The summed E-state index contributed by atoms with van der Waals surface area (Å²) in [7, 11) is -3.94. The molecule has 1 heterocycles. The van der Waals surface area contributed by atoms with Gasteiger partial charge in [-0.05, 0) is 12.1 Å². The fraction of sp³-hybridized carbons (Fsp3) is 0. The molecule has 1 aromatic carbocycles. The van der Waals surface area contributed by atoms with Gasteiger partial charge >= 0.3 is 0 Å². The van der Waals surface area contributed by atoms with Crippen LogP contribution in [0.1, 0.15) is 0 Å². The maximum Gasteiger partial charge on any atom is 0.272 e. The molecule has 2 N–H and O–H groups in total. The molecular formula is C9H7Cl2N3O2S. The van der Waals surface area contributed by atoms with Crippen molar-refractivity contribution < 1.29 is 8.42 Å². The van der Waals surface area contributed by atoms with Crippen LogP contribution in [-0.2, 0) is 10.0 Å². The molecule has 0 aliphatic heterocycles. The zero-order valence-electron chi connectivity index (χ0n) is 8.34. The summed E-state index contributed by atoms with van der Waals surface area (Å²) in [4.78, 5) is 3.68. The van der Waals surface area contributed by atoms with Crippen molar-refractivity contribution in [3.8, 4) is 5.69 Å². The monoisotopic (exact) mass is 291 g/mol. The van der Waals surface area contributed by atoms with Gasteiger partial charge in [-0.2, -0.15) is 0 Å². The summed E-state index contributed by atoms with van der Waals surface area (Å²) in [6, 6.07) is 4.84. The topological polar surface area (TPSA) is 78.0 Å². The lowest BCUT2D eigenvalue weighted by Crippen LogP contribution is -2.17. The highest BCUT2D eigenvalue weighted by Gasteiger charge is 2.19. The summed E-state index contributed by atoms with van der Waals surface area (Å²) < 4.78 is 23.9. The molecule has 0 aliphatic carbocycles. The van der Waals surface area contributed by atoms with Gasteiger partial charge < -0.3 is 0 Å². The quantitative estimate of drug-likeness (QED) is 0.917. The van der Waals surface area contributed by atoms with Crippen LogP contribution >= 0.6 is 23.2 Å². The summed E-state index contributed by atoms with van der Waals surface area (Å²) in [6.45, 7) is 0. The third kappa shape index (κ3) is 2.30. The molecule has 5 nitrogen and oxygen atoms in total. The van der Waals surface area contributed by atoms with Crippen LogP contribution in [0.5, 0.6) is 0 Å². The second-order valence-electron chi connectivity index (χ2n) is 3.20. The highest BCUT2D eigenvalue weighted by Crippen LogP contribution is 2.29. The molecule has 1 aromatic heterocycles. The van der Waals surface area contributed by atoms with E-state index in [1.54, 1.807) is 18.2 Å². The van der Waals surface area contributed by atoms with Crippen LogP contribution in [0.15, 0.2) is 35.7 Å². The molecule has 0 bridgehead atoms. The lowest BCUT2D eigenvalue weighted by atomic mass is 10.3. The molecular weight excluding hydrogens is 285 g/mol. The first-order chi connectivity index (χ1) is 7.91. The van der Waals surface area contributed by atoms with Crippen molar-refractivity contribution in [3.05, 3.63) is 40.6 Å². The highest BCUT2D eigenvalue weighted by atomic mass is 35.5. The molecule has 0 unspecified atom stereocenters. The molecule has 0 amide bonds. The van der Waals surface area contributed by atoms with E-state index in [9.17, 15) is 8.42 Å². The van der Waals surface area contributed by atoms with Crippen molar-refractivity contribution in [2.75, 3.05) is 0 Å². The molecule has 8 heteroatoms. The number of sulfonamides is 1. The number of imidazole rings is 1. The predicted molar refractivity (Wildman–Crippen MR) is 65.0 cm³/mol. The van der Waals surface area contributed by atoms with Crippen LogP contribution < -0.4 is 5.14 Å². The number of hydrogen-bond donors (Lipinski definition) is 1. The normalized spacial score (nSPS) is 11.7. The van der Waals surface area contributed by atoms with Crippen LogP contribution in [0.2, 0.25) is 10.0 Å². The molecule has 0 fully saturated rings. The van der Waals surface area contributed by atoms with Crippen molar-refractivity contribution in [2.24, 2.45) is 5.14 Å². The van der Waals surface area contributed by atoms with Crippen LogP contribution in [0.3, 0.4) is 0 Å². The van der Waals surface area contributed by atoms with E-state index >= 15 is 0 Å². The molecule has 2 aromatic rings. The Bertz CT molecular complexity index is 646. The third-order valence-corrected chi connectivity index (χ3v) is 3.46. The van der Waals surface area contributed by atoms with Crippen molar-refractivity contribution in [2.45, 2.75) is 5.16 Å².